The number of ether oxygens (including phenoxy) is 1. The zero-order chi connectivity index (χ0) is 20.2. The summed E-state index contributed by atoms with van der Waals surface area (Å²) >= 11 is 0. The van der Waals surface area contributed by atoms with Gasteiger partial charge in [-0.05, 0) is 30.2 Å². The summed E-state index contributed by atoms with van der Waals surface area (Å²) in [5.74, 6) is 2.42. The Labute approximate surface area is 174 Å². The zero-order valence-electron chi connectivity index (χ0n) is 16.6. The third-order valence-corrected chi connectivity index (χ3v) is 5.24. The van der Waals surface area contributed by atoms with Crippen LogP contribution in [0, 0.1) is 0 Å². The molecule has 0 radical (unpaired) electrons. The molecular formula is C22H23N7O. The van der Waals surface area contributed by atoms with Crippen molar-refractivity contribution in [3.8, 4) is 11.4 Å². The minimum Gasteiger partial charge on any atom is -0.378 e. The van der Waals surface area contributed by atoms with Crippen LogP contribution in [0.2, 0.25) is 0 Å². The van der Waals surface area contributed by atoms with Crippen molar-refractivity contribution in [2.24, 2.45) is 0 Å². The van der Waals surface area contributed by atoms with Gasteiger partial charge in [0.15, 0.2) is 5.82 Å². The lowest BCUT2D eigenvalue weighted by Crippen LogP contribution is -2.36. The molecule has 2 N–H and O–H groups in total. The van der Waals surface area contributed by atoms with E-state index in [-0.39, 0.29) is 0 Å². The molecule has 0 spiro atoms. The van der Waals surface area contributed by atoms with Crippen LogP contribution in [0.3, 0.4) is 0 Å². The zero-order valence-corrected chi connectivity index (χ0v) is 16.6. The van der Waals surface area contributed by atoms with Crippen LogP contribution in [0.4, 0.5) is 11.6 Å². The number of aromatic amines is 1. The van der Waals surface area contributed by atoms with Crippen LogP contribution in [0.5, 0.6) is 0 Å². The van der Waals surface area contributed by atoms with Crippen LogP contribution in [0.25, 0.3) is 22.3 Å². The molecule has 0 unspecified atom stereocenters. The average Bonchev–Trinajstić information content (AvgIpc) is 3.29. The van der Waals surface area contributed by atoms with Crippen LogP contribution in [0.1, 0.15) is 5.56 Å². The molecule has 152 valence electrons. The highest BCUT2D eigenvalue weighted by Crippen LogP contribution is 2.28. The summed E-state index contributed by atoms with van der Waals surface area (Å²) in [5, 5.41) is 11.7. The van der Waals surface area contributed by atoms with E-state index < -0.39 is 0 Å². The minimum atomic E-state index is 0.692. The Morgan fingerprint density at radius 1 is 1.07 bits per heavy atom. The molecule has 1 aliphatic heterocycles. The van der Waals surface area contributed by atoms with E-state index in [0.29, 0.717) is 19.0 Å². The van der Waals surface area contributed by atoms with Crippen molar-refractivity contribution in [3.63, 3.8) is 0 Å². The highest BCUT2D eigenvalue weighted by molar-refractivity contribution is 5.92. The van der Waals surface area contributed by atoms with Crippen LogP contribution in [-0.2, 0) is 11.2 Å². The van der Waals surface area contributed by atoms with Crippen LogP contribution >= 0.6 is 0 Å². The van der Waals surface area contributed by atoms with Gasteiger partial charge in [-0.15, -0.1) is 0 Å². The first-order valence-electron chi connectivity index (χ1n) is 10.1. The van der Waals surface area contributed by atoms with Gasteiger partial charge in [-0.3, -0.25) is 10.1 Å². The van der Waals surface area contributed by atoms with Gasteiger partial charge in [0.2, 0.25) is 0 Å². The molecule has 0 aliphatic carbocycles. The first kappa shape index (κ1) is 18.5. The fourth-order valence-electron chi connectivity index (χ4n) is 3.65. The average molecular weight is 401 g/mol. The molecule has 4 aromatic rings. The van der Waals surface area contributed by atoms with Crippen molar-refractivity contribution < 1.29 is 4.74 Å². The molecule has 1 saturated heterocycles. The number of aromatic nitrogens is 5. The van der Waals surface area contributed by atoms with E-state index in [4.69, 9.17) is 14.7 Å². The summed E-state index contributed by atoms with van der Waals surface area (Å²) in [6, 6.07) is 12.1. The molecule has 0 amide bonds. The molecule has 3 aromatic heterocycles. The standard InChI is InChI=1S/C22H23N7O/c1-2-17(18-15-25-28-19(18)3-1)22-26-20(24-9-6-16-4-7-23-8-5-16)14-21(27-22)29-10-12-30-13-11-29/h1-5,7-8,14-15H,6,9-13H2,(H,25,28)(H,24,26,27). The summed E-state index contributed by atoms with van der Waals surface area (Å²) in [4.78, 5) is 16.0. The maximum absolute atomic E-state index is 5.51. The van der Waals surface area contributed by atoms with E-state index in [1.807, 2.05) is 55.0 Å². The molecule has 1 aliphatic rings. The molecule has 1 fully saturated rings. The van der Waals surface area contributed by atoms with E-state index in [9.17, 15) is 0 Å². The van der Waals surface area contributed by atoms with Gasteiger partial charge in [0.1, 0.15) is 11.6 Å². The van der Waals surface area contributed by atoms with E-state index in [2.05, 4.69) is 25.4 Å². The fraction of sp³-hybridized carbons (Fsp3) is 0.273. The van der Waals surface area contributed by atoms with Gasteiger partial charge in [-0.2, -0.15) is 5.10 Å². The predicted octanol–water partition coefficient (Wildman–Crippen LogP) is 2.91. The topological polar surface area (TPSA) is 91.8 Å². The SMILES string of the molecule is c1cc(-c2nc(NCCc3ccncc3)cc(N3CCOCC3)n2)c2cn[nH]c2c1. The molecule has 0 saturated carbocycles. The first-order chi connectivity index (χ1) is 14.9. The number of nitrogens with zero attached hydrogens (tertiary/aromatic N) is 5. The predicted molar refractivity (Wildman–Crippen MR) is 117 cm³/mol. The third-order valence-electron chi connectivity index (χ3n) is 5.24. The Balaban J connectivity index is 1.46. The third kappa shape index (κ3) is 3.95. The maximum Gasteiger partial charge on any atom is 0.164 e. The Bertz CT molecular complexity index is 1120. The molecular weight excluding hydrogens is 378 g/mol. The van der Waals surface area contributed by atoms with E-state index >= 15 is 0 Å². The Kier molecular flexibility index (Phi) is 5.22. The highest BCUT2D eigenvalue weighted by Gasteiger charge is 2.17. The first-order valence-corrected chi connectivity index (χ1v) is 10.1. The Hall–Kier alpha value is -3.52. The van der Waals surface area contributed by atoms with E-state index in [1.54, 1.807) is 0 Å². The van der Waals surface area contributed by atoms with Crippen molar-refractivity contribution in [2.45, 2.75) is 6.42 Å². The van der Waals surface area contributed by atoms with Crippen LogP contribution in [-0.4, -0.2) is 58.0 Å². The number of benzene rings is 1. The quantitative estimate of drug-likeness (QED) is 0.513. The lowest BCUT2D eigenvalue weighted by atomic mass is 10.1. The lowest BCUT2D eigenvalue weighted by molar-refractivity contribution is 0.122. The summed E-state index contributed by atoms with van der Waals surface area (Å²) in [7, 11) is 0. The number of pyridine rings is 1. The van der Waals surface area contributed by atoms with E-state index in [1.165, 1.54) is 5.56 Å². The monoisotopic (exact) mass is 401 g/mol. The van der Waals surface area contributed by atoms with Gasteiger partial charge in [-0.1, -0.05) is 12.1 Å². The van der Waals surface area contributed by atoms with Gasteiger partial charge in [-0.25, -0.2) is 9.97 Å². The van der Waals surface area contributed by atoms with Gasteiger partial charge in [0.25, 0.3) is 0 Å². The molecule has 0 atom stereocenters. The molecule has 0 bridgehead atoms. The van der Waals surface area contributed by atoms with Crippen molar-refractivity contribution in [3.05, 3.63) is 60.6 Å². The number of anilines is 2. The van der Waals surface area contributed by atoms with Crippen molar-refractivity contribution >= 4 is 22.5 Å². The van der Waals surface area contributed by atoms with Gasteiger partial charge < -0.3 is 15.0 Å². The summed E-state index contributed by atoms with van der Waals surface area (Å²) in [5.41, 5.74) is 3.18. The van der Waals surface area contributed by atoms with Gasteiger partial charge >= 0.3 is 0 Å². The summed E-state index contributed by atoms with van der Waals surface area (Å²) < 4.78 is 5.51. The number of morpholine rings is 1. The second kappa shape index (κ2) is 8.46. The van der Waals surface area contributed by atoms with Crippen LogP contribution in [0.15, 0.2) is 55.0 Å². The van der Waals surface area contributed by atoms with Crippen molar-refractivity contribution in [1.29, 1.82) is 0 Å². The molecule has 4 heterocycles. The lowest BCUT2D eigenvalue weighted by Gasteiger charge is -2.28. The van der Waals surface area contributed by atoms with Gasteiger partial charge in [0, 0.05) is 49.0 Å². The fourth-order valence-corrected chi connectivity index (χ4v) is 3.65. The molecule has 8 nitrogen and oxygen atoms in total. The Morgan fingerprint density at radius 2 is 1.93 bits per heavy atom. The molecule has 1 aromatic carbocycles. The number of nitrogens with one attached hydrogen (secondary N) is 2. The highest BCUT2D eigenvalue weighted by atomic mass is 16.5. The number of rotatable bonds is 6. The van der Waals surface area contributed by atoms with E-state index in [0.717, 1.165) is 54.2 Å². The summed E-state index contributed by atoms with van der Waals surface area (Å²) in [6.45, 7) is 3.84. The molecule has 5 rings (SSSR count). The van der Waals surface area contributed by atoms with Crippen LogP contribution < -0.4 is 10.2 Å². The second-order valence-electron chi connectivity index (χ2n) is 7.20. The second-order valence-corrected chi connectivity index (χ2v) is 7.20. The van der Waals surface area contributed by atoms with Crippen molar-refractivity contribution in [2.75, 3.05) is 43.1 Å². The van der Waals surface area contributed by atoms with Crippen molar-refractivity contribution in [1.82, 2.24) is 25.1 Å². The maximum atomic E-state index is 5.51. The largest absolute Gasteiger partial charge is 0.378 e. The number of hydrogen-bond donors (Lipinski definition) is 2. The minimum absolute atomic E-state index is 0.692. The number of fused-ring (bicyclic) bond motifs is 1. The number of H-pyrrole nitrogens is 1. The molecule has 30 heavy (non-hydrogen) atoms. The van der Waals surface area contributed by atoms with Gasteiger partial charge in [0.05, 0.1) is 24.9 Å². The normalized spacial score (nSPS) is 14.2. The molecule has 8 heteroatoms. The summed E-state index contributed by atoms with van der Waals surface area (Å²) in [6.07, 6.45) is 6.36. The smallest absolute Gasteiger partial charge is 0.164 e. The Morgan fingerprint density at radius 3 is 2.80 bits per heavy atom. The number of hydrogen-bond acceptors (Lipinski definition) is 7.